The van der Waals surface area contributed by atoms with Crippen molar-refractivity contribution in [3.8, 4) is 22.9 Å². The van der Waals surface area contributed by atoms with Crippen LogP contribution < -0.4 is 4.74 Å². The van der Waals surface area contributed by atoms with Gasteiger partial charge in [0.15, 0.2) is 0 Å². The van der Waals surface area contributed by atoms with Crippen LogP contribution >= 0.6 is 0 Å². The van der Waals surface area contributed by atoms with Crippen LogP contribution in [0.4, 0.5) is 0 Å². The van der Waals surface area contributed by atoms with Gasteiger partial charge in [-0.3, -0.25) is 4.98 Å². The Morgan fingerprint density at radius 2 is 2.17 bits per heavy atom. The Morgan fingerprint density at radius 1 is 1.33 bits per heavy atom. The fourth-order valence-corrected chi connectivity index (χ4v) is 1.96. The van der Waals surface area contributed by atoms with Gasteiger partial charge in [0.2, 0.25) is 0 Å². The minimum Gasteiger partial charge on any atom is -0.496 e. The van der Waals surface area contributed by atoms with Gasteiger partial charge in [0, 0.05) is 18.0 Å². The number of hydrogen-bond acceptors (Lipinski definition) is 3. The number of rotatable bonds is 3. The quantitative estimate of drug-likeness (QED) is 0.825. The van der Waals surface area contributed by atoms with Crippen LogP contribution in [0.1, 0.15) is 18.1 Å². The topological polar surface area (TPSA) is 45.9 Å². The van der Waals surface area contributed by atoms with Crippen molar-refractivity contribution in [2.75, 3.05) is 7.11 Å². The van der Waals surface area contributed by atoms with Crippen LogP contribution in [0.25, 0.3) is 11.1 Å². The first kappa shape index (κ1) is 12.1. The summed E-state index contributed by atoms with van der Waals surface area (Å²) >= 11 is 0. The molecule has 0 spiro atoms. The second-order valence-electron chi connectivity index (χ2n) is 3.91. The lowest BCUT2D eigenvalue weighted by atomic mass is 9.99. The van der Waals surface area contributed by atoms with Gasteiger partial charge in [-0.25, -0.2) is 0 Å². The number of hydrogen-bond donors (Lipinski definition) is 0. The van der Waals surface area contributed by atoms with Gasteiger partial charge >= 0.3 is 0 Å². The van der Waals surface area contributed by atoms with Crippen LogP contribution in [0.15, 0.2) is 36.7 Å². The Kier molecular flexibility index (Phi) is 3.59. The molecule has 0 atom stereocenters. The van der Waals surface area contributed by atoms with E-state index in [1.54, 1.807) is 19.5 Å². The summed E-state index contributed by atoms with van der Waals surface area (Å²) in [5, 5.41) is 9.09. The molecule has 0 aliphatic heterocycles. The molecule has 0 aliphatic carbocycles. The second-order valence-corrected chi connectivity index (χ2v) is 3.91. The molecule has 1 aromatic carbocycles. The lowest BCUT2D eigenvalue weighted by Crippen LogP contribution is -1.92. The van der Waals surface area contributed by atoms with E-state index in [-0.39, 0.29) is 0 Å². The van der Waals surface area contributed by atoms with Crippen molar-refractivity contribution in [1.29, 1.82) is 5.26 Å². The van der Waals surface area contributed by atoms with Gasteiger partial charge in [0.25, 0.3) is 0 Å². The van der Waals surface area contributed by atoms with E-state index < -0.39 is 0 Å². The summed E-state index contributed by atoms with van der Waals surface area (Å²) in [4.78, 5) is 3.97. The molecular weight excluding hydrogens is 224 g/mol. The summed E-state index contributed by atoms with van der Waals surface area (Å²) in [5.41, 5.74) is 3.65. The molecule has 3 nitrogen and oxygen atoms in total. The van der Waals surface area contributed by atoms with Gasteiger partial charge in [0.05, 0.1) is 12.7 Å². The smallest absolute Gasteiger partial charge is 0.122 e. The first-order valence-corrected chi connectivity index (χ1v) is 5.81. The molecule has 0 radical (unpaired) electrons. The minimum atomic E-state index is 0.588. The maximum Gasteiger partial charge on any atom is 0.122 e. The number of nitrogens with zero attached hydrogens (tertiary/aromatic N) is 2. The number of pyridine rings is 1. The highest BCUT2D eigenvalue weighted by atomic mass is 16.5. The van der Waals surface area contributed by atoms with E-state index in [1.807, 2.05) is 18.2 Å². The van der Waals surface area contributed by atoms with Crippen molar-refractivity contribution in [3.63, 3.8) is 0 Å². The molecule has 90 valence electrons. The predicted octanol–water partition coefficient (Wildman–Crippen LogP) is 3.19. The third-order valence-corrected chi connectivity index (χ3v) is 2.91. The van der Waals surface area contributed by atoms with Gasteiger partial charge in [-0.1, -0.05) is 13.0 Å². The van der Waals surface area contributed by atoms with Gasteiger partial charge in [-0.15, -0.1) is 0 Å². The fraction of sp³-hybridized carbons (Fsp3) is 0.200. The van der Waals surface area contributed by atoms with E-state index in [2.05, 4.69) is 24.0 Å². The minimum absolute atomic E-state index is 0.588. The molecule has 2 aromatic rings. The van der Waals surface area contributed by atoms with Crippen LogP contribution in [-0.2, 0) is 6.42 Å². The van der Waals surface area contributed by atoms with Crippen LogP contribution in [-0.4, -0.2) is 12.1 Å². The highest BCUT2D eigenvalue weighted by molar-refractivity contribution is 5.71. The number of aromatic nitrogens is 1. The predicted molar refractivity (Wildman–Crippen MR) is 70.3 cm³/mol. The third kappa shape index (κ3) is 2.18. The average molecular weight is 238 g/mol. The van der Waals surface area contributed by atoms with Crippen molar-refractivity contribution in [1.82, 2.24) is 4.98 Å². The van der Waals surface area contributed by atoms with Crippen LogP contribution in [0, 0.1) is 11.3 Å². The van der Waals surface area contributed by atoms with Crippen LogP contribution in [0.3, 0.4) is 0 Å². The number of methoxy groups -OCH3 is 1. The molecule has 0 N–H and O–H groups in total. The highest BCUT2D eigenvalue weighted by Crippen LogP contribution is 2.28. The molecule has 18 heavy (non-hydrogen) atoms. The SMILES string of the molecule is CCc1cc(-c2ccncc2C#N)ccc1OC. The molecule has 1 heterocycles. The molecule has 0 amide bonds. The van der Waals surface area contributed by atoms with Gasteiger partial charge in [0.1, 0.15) is 11.8 Å². The molecule has 0 aliphatic rings. The zero-order valence-corrected chi connectivity index (χ0v) is 10.5. The van der Waals surface area contributed by atoms with E-state index in [4.69, 9.17) is 10.00 Å². The number of aryl methyl sites for hydroxylation is 1. The van der Waals surface area contributed by atoms with Crippen LogP contribution in [0.2, 0.25) is 0 Å². The maximum atomic E-state index is 9.09. The lowest BCUT2D eigenvalue weighted by Gasteiger charge is -2.10. The van der Waals surface area contributed by atoms with E-state index >= 15 is 0 Å². The lowest BCUT2D eigenvalue weighted by molar-refractivity contribution is 0.410. The Balaban J connectivity index is 2.55. The normalized spacial score (nSPS) is 9.83. The molecule has 0 saturated heterocycles. The van der Waals surface area contributed by atoms with Crippen molar-refractivity contribution in [3.05, 3.63) is 47.8 Å². The number of nitriles is 1. The molecule has 0 saturated carbocycles. The summed E-state index contributed by atoms with van der Waals surface area (Å²) in [6.45, 7) is 2.08. The monoisotopic (exact) mass is 238 g/mol. The Labute approximate surface area is 107 Å². The Morgan fingerprint density at radius 3 is 2.83 bits per heavy atom. The summed E-state index contributed by atoms with van der Waals surface area (Å²) in [5.74, 6) is 0.883. The van der Waals surface area contributed by atoms with E-state index in [0.717, 1.165) is 28.9 Å². The first-order valence-electron chi connectivity index (χ1n) is 5.81. The van der Waals surface area contributed by atoms with E-state index in [9.17, 15) is 0 Å². The molecule has 0 unspecified atom stereocenters. The van der Waals surface area contributed by atoms with Gasteiger partial charge in [-0.2, -0.15) is 5.26 Å². The zero-order chi connectivity index (χ0) is 13.0. The van der Waals surface area contributed by atoms with E-state index in [0.29, 0.717) is 5.56 Å². The second kappa shape index (κ2) is 5.33. The van der Waals surface area contributed by atoms with Gasteiger partial charge in [-0.05, 0) is 35.7 Å². The third-order valence-electron chi connectivity index (χ3n) is 2.91. The van der Waals surface area contributed by atoms with Gasteiger partial charge < -0.3 is 4.74 Å². The highest BCUT2D eigenvalue weighted by Gasteiger charge is 2.07. The molecule has 3 heteroatoms. The molecular formula is C15H14N2O. The van der Waals surface area contributed by atoms with Crippen molar-refractivity contribution >= 4 is 0 Å². The van der Waals surface area contributed by atoms with Crippen LogP contribution in [0.5, 0.6) is 5.75 Å². The Bertz CT molecular complexity index is 600. The largest absolute Gasteiger partial charge is 0.496 e. The molecule has 2 rings (SSSR count). The Hall–Kier alpha value is -2.34. The van der Waals surface area contributed by atoms with Crippen molar-refractivity contribution in [2.24, 2.45) is 0 Å². The molecule has 1 aromatic heterocycles. The number of benzene rings is 1. The summed E-state index contributed by atoms with van der Waals surface area (Å²) in [6, 6.07) is 10.00. The standard InChI is InChI=1S/C15H14N2O/c1-3-11-8-12(4-5-15(11)18-2)14-6-7-17-10-13(14)9-16/h4-8,10H,3H2,1-2H3. The summed E-state index contributed by atoms with van der Waals surface area (Å²) in [7, 11) is 1.67. The maximum absolute atomic E-state index is 9.09. The molecule has 0 fully saturated rings. The zero-order valence-electron chi connectivity index (χ0n) is 10.5. The van der Waals surface area contributed by atoms with Crippen molar-refractivity contribution in [2.45, 2.75) is 13.3 Å². The summed E-state index contributed by atoms with van der Waals surface area (Å²) in [6.07, 6.45) is 4.18. The van der Waals surface area contributed by atoms with E-state index in [1.165, 1.54) is 0 Å². The summed E-state index contributed by atoms with van der Waals surface area (Å²) < 4.78 is 5.31. The average Bonchev–Trinajstić information content (AvgIpc) is 2.46. The first-order chi connectivity index (χ1) is 8.80. The number of ether oxygens (including phenoxy) is 1. The van der Waals surface area contributed by atoms with Crippen molar-refractivity contribution < 1.29 is 4.74 Å². The molecule has 0 bridgehead atoms. The fourth-order valence-electron chi connectivity index (χ4n) is 1.96.